The number of methoxy groups -OCH3 is 1. The minimum absolute atomic E-state index is 0.403. The van der Waals surface area contributed by atoms with Crippen molar-refractivity contribution in [2.75, 3.05) is 7.11 Å². The van der Waals surface area contributed by atoms with Crippen LogP contribution in [0.25, 0.3) is 6.08 Å². The second-order valence-corrected chi connectivity index (χ2v) is 5.26. The van der Waals surface area contributed by atoms with Gasteiger partial charge in [-0.1, -0.05) is 30.3 Å². The third-order valence-corrected chi connectivity index (χ3v) is 3.46. The summed E-state index contributed by atoms with van der Waals surface area (Å²) in [5.74, 6) is 1.07. The molecule has 2 rings (SSSR count). The van der Waals surface area contributed by atoms with Gasteiger partial charge >= 0.3 is 0 Å². The summed E-state index contributed by atoms with van der Waals surface area (Å²) in [5, 5.41) is 10.4. The Morgan fingerprint density at radius 1 is 1.27 bits per heavy atom. The summed E-state index contributed by atoms with van der Waals surface area (Å²) in [6.45, 7) is 0.403. The Morgan fingerprint density at radius 3 is 2.64 bits per heavy atom. The van der Waals surface area contributed by atoms with E-state index < -0.39 is 4.92 Å². The van der Waals surface area contributed by atoms with E-state index in [1.807, 2.05) is 30.3 Å². The first kappa shape index (κ1) is 16.0. The van der Waals surface area contributed by atoms with Crippen molar-refractivity contribution < 1.29 is 14.4 Å². The van der Waals surface area contributed by atoms with E-state index in [9.17, 15) is 10.1 Å². The minimum Gasteiger partial charge on any atom is -0.493 e. The number of nitrogens with zero attached hydrogens (tertiary/aromatic N) is 1. The first-order valence-corrected chi connectivity index (χ1v) is 7.25. The van der Waals surface area contributed by atoms with Gasteiger partial charge in [-0.3, -0.25) is 10.1 Å². The molecule has 0 aliphatic heterocycles. The fourth-order valence-corrected chi connectivity index (χ4v) is 2.43. The van der Waals surface area contributed by atoms with Gasteiger partial charge in [0.2, 0.25) is 6.20 Å². The van der Waals surface area contributed by atoms with Gasteiger partial charge in [-0.25, -0.2) is 0 Å². The molecule has 0 spiro atoms. The zero-order chi connectivity index (χ0) is 15.9. The third-order valence-electron chi connectivity index (χ3n) is 2.87. The lowest BCUT2D eigenvalue weighted by molar-refractivity contribution is -0.400. The van der Waals surface area contributed by atoms with Gasteiger partial charge in [0.05, 0.1) is 16.5 Å². The van der Waals surface area contributed by atoms with Crippen LogP contribution in [0.3, 0.4) is 0 Å². The molecule has 0 fully saturated rings. The van der Waals surface area contributed by atoms with Crippen molar-refractivity contribution in [3.05, 3.63) is 74.4 Å². The molecule has 2 aromatic carbocycles. The average Bonchev–Trinajstić information content (AvgIpc) is 2.52. The smallest absolute Gasteiger partial charge is 0.235 e. The van der Waals surface area contributed by atoms with Gasteiger partial charge in [0, 0.05) is 6.08 Å². The molecule has 0 saturated carbocycles. The molecule has 5 nitrogen and oxygen atoms in total. The Kier molecular flexibility index (Phi) is 5.55. The molecule has 0 aliphatic carbocycles. The van der Waals surface area contributed by atoms with Gasteiger partial charge < -0.3 is 9.47 Å². The maximum atomic E-state index is 10.4. The minimum atomic E-state index is -0.514. The molecule has 6 heteroatoms. The van der Waals surface area contributed by atoms with Crippen molar-refractivity contribution in [2.24, 2.45) is 0 Å². The molecule has 114 valence electrons. The van der Waals surface area contributed by atoms with Crippen molar-refractivity contribution in [3.63, 3.8) is 0 Å². The topological polar surface area (TPSA) is 61.6 Å². The van der Waals surface area contributed by atoms with E-state index in [-0.39, 0.29) is 0 Å². The predicted molar refractivity (Wildman–Crippen MR) is 87.5 cm³/mol. The number of hydrogen-bond acceptors (Lipinski definition) is 4. The van der Waals surface area contributed by atoms with Crippen LogP contribution in [0.15, 0.2) is 53.1 Å². The predicted octanol–water partition coefficient (Wildman–Crippen LogP) is 4.28. The summed E-state index contributed by atoms with van der Waals surface area (Å²) in [7, 11) is 1.53. The first-order valence-electron chi connectivity index (χ1n) is 6.46. The van der Waals surface area contributed by atoms with E-state index >= 15 is 0 Å². The largest absolute Gasteiger partial charge is 0.493 e. The molecular formula is C16H14BrNO4. The lowest BCUT2D eigenvalue weighted by Crippen LogP contribution is -1.99. The third kappa shape index (κ3) is 4.33. The molecule has 0 saturated heterocycles. The number of nitro groups is 1. The lowest BCUT2D eigenvalue weighted by Gasteiger charge is -2.13. The van der Waals surface area contributed by atoms with E-state index in [1.165, 1.54) is 13.2 Å². The van der Waals surface area contributed by atoms with Gasteiger partial charge in [-0.15, -0.1) is 0 Å². The number of benzene rings is 2. The highest BCUT2D eigenvalue weighted by Gasteiger charge is 2.11. The highest BCUT2D eigenvalue weighted by atomic mass is 79.9. The second kappa shape index (κ2) is 7.61. The Balaban J connectivity index is 2.22. The van der Waals surface area contributed by atoms with E-state index in [0.717, 1.165) is 11.8 Å². The molecule has 0 heterocycles. The van der Waals surface area contributed by atoms with Gasteiger partial charge in [-0.05, 0) is 39.2 Å². The van der Waals surface area contributed by atoms with Crippen LogP contribution >= 0.6 is 15.9 Å². The fourth-order valence-electron chi connectivity index (χ4n) is 1.85. The summed E-state index contributed by atoms with van der Waals surface area (Å²) >= 11 is 3.41. The van der Waals surface area contributed by atoms with Crippen molar-refractivity contribution in [1.82, 2.24) is 0 Å². The van der Waals surface area contributed by atoms with Crippen LogP contribution in [0.2, 0.25) is 0 Å². The molecule has 0 aliphatic rings. The van der Waals surface area contributed by atoms with Gasteiger partial charge in [0.15, 0.2) is 11.5 Å². The fraction of sp³-hybridized carbons (Fsp3) is 0.125. The van der Waals surface area contributed by atoms with Crippen LogP contribution in [0.4, 0.5) is 0 Å². The maximum Gasteiger partial charge on any atom is 0.235 e. The van der Waals surface area contributed by atoms with Crippen LogP contribution < -0.4 is 9.47 Å². The van der Waals surface area contributed by atoms with Crippen molar-refractivity contribution in [2.45, 2.75) is 6.61 Å². The van der Waals surface area contributed by atoms with Crippen LogP contribution in [0, 0.1) is 10.1 Å². The summed E-state index contributed by atoms with van der Waals surface area (Å²) < 4.78 is 11.8. The maximum absolute atomic E-state index is 10.4. The van der Waals surface area contributed by atoms with Crippen molar-refractivity contribution in [1.29, 1.82) is 0 Å². The highest BCUT2D eigenvalue weighted by molar-refractivity contribution is 9.10. The summed E-state index contributed by atoms with van der Waals surface area (Å²) in [4.78, 5) is 9.88. The Morgan fingerprint density at radius 2 is 2.00 bits per heavy atom. The first-order chi connectivity index (χ1) is 10.6. The molecule has 2 aromatic rings. The molecular weight excluding hydrogens is 350 g/mol. The Hall–Kier alpha value is -2.34. The Labute approximate surface area is 136 Å². The SMILES string of the molecule is COc1cc(/C=C\[N+](=O)[O-])cc(Br)c1OCc1ccccc1. The van der Waals surface area contributed by atoms with Crippen molar-refractivity contribution in [3.8, 4) is 11.5 Å². The number of rotatable bonds is 6. The quantitative estimate of drug-likeness (QED) is 0.567. The average molecular weight is 364 g/mol. The Bertz CT molecular complexity index is 686. The number of ether oxygens (including phenoxy) is 2. The van der Waals surface area contributed by atoms with Crippen molar-refractivity contribution >= 4 is 22.0 Å². The molecule has 0 unspecified atom stereocenters. The second-order valence-electron chi connectivity index (χ2n) is 4.41. The van der Waals surface area contributed by atoms with Crippen LogP contribution in [0.5, 0.6) is 11.5 Å². The molecule has 0 bridgehead atoms. The molecule has 0 amide bonds. The molecule has 0 aromatic heterocycles. The summed E-state index contributed by atoms with van der Waals surface area (Å²) in [6.07, 6.45) is 2.28. The van der Waals surface area contributed by atoms with Gasteiger partial charge in [0.25, 0.3) is 0 Å². The monoisotopic (exact) mass is 363 g/mol. The van der Waals surface area contributed by atoms with E-state index in [4.69, 9.17) is 9.47 Å². The number of hydrogen-bond donors (Lipinski definition) is 0. The summed E-state index contributed by atoms with van der Waals surface area (Å²) in [5.41, 5.74) is 1.68. The van der Waals surface area contributed by atoms with E-state index in [1.54, 1.807) is 12.1 Å². The van der Waals surface area contributed by atoms with Crippen LogP contribution in [-0.4, -0.2) is 12.0 Å². The van der Waals surface area contributed by atoms with E-state index in [0.29, 0.717) is 28.1 Å². The van der Waals surface area contributed by atoms with Crippen LogP contribution in [0.1, 0.15) is 11.1 Å². The highest BCUT2D eigenvalue weighted by Crippen LogP contribution is 2.37. The standard InChI is InChI=1S/C16H14BrNO4/c1-21-15-10-13(7-8-18(19)20)9-14(17)16(15)22-11-12-5-3-2-4-6-12/h2-10H,11H2,1H3/b8-7-. The lowest BCUT2D eigenvalue weighted by atomic mass is 10.2. The zero-order valence-corrected chi connectivity index (χ0v) is 13.4. The number of halogens is 1. The molecule has 0 N–H and O–H groups in total. The molecule has 22 heavy (non-hydrogen) atoms. The summed E-state index contributed by atoms with van der Waals surface area (Å²) in [6, 6.07) is 13.2. The molecule has 0 radical (unpaired) electrons. The molecule has 0 atom stereocenters. The van der Waals surface area contributed by atoms with E-state index in [2.05, 4.69) is 15.9 Å². The normalized spacial score (nSPS) is 10.6. The zero-order valence-electron chi connectivity index (χ0n) is 11.9. The van der Waals surface area contributed by atoms with Crippen LogP contribution in [-0.2, 0) is 6.61 Å². The van der Waals surface area contributed by atoms with Gasteiger partial charge in [0.1, 0.15) is 6.61 Å². The van der Waals surface area contributed by atoms with Gasteiger partial charge in [-0.2, -0.15) is 0 Å².